The van der Waals surface area contributed by atoms with Crippen molar-refractivity contribution in [3.63, 3.8) is 0 Å². The van der Waals surface area contributed by atoms with E-state index < -0.39 is 0 Å². The van der Waals surface area contributed by atoms with Crippen LogP contribution < -0.4 is 16.1 Å². The van der Waals surface area contributed by atoms with Crippen LogP contribution in [0.2, 0.25) is 0 Å². The summed E-state index contributed by atoms with van der Waals surface area (Å²) < 4.78 is 6.85. The molecule has 0 unspecified atom stereocenters. The normalized spacial score (nSPS) is 10.9. The minimum Gasteiger partial charge on any atom is -0.459 e. The standard InChI is InChI=1S/C22H19N3O4/c26-20(23-11-12-24-22(28)19-10-5-13-29-19)14-25-17-8-3-1-6-15(17)21(27)16-7-2-4-9-18(16)25/h1-10,13H,11-12,14H2,(H,23,26)(H,24,28). The Balaban J connectivity index is 1.48. The maximum absolute atomic E-state index is 12.7. The molecule has 4 rings (SSSR count). The van der Waals surface area contributed by atoms with Gasteiger partial charge in [0.25, 0.3) is 5.91 Å². The van der Waals surface area contributed by atoms with Crippen LogP contribution in [0.5, 0.6) is 0 Å². The van der Waals surface area contributed by atoms with Gasteiger partial charge in [-0.25, -0.2) is 0 Å². The summed E-state index contributed by atoms with van der Waals surface area (Å²) in [5, 5.41) is 6.62. The first-order valence-corrected chi connectivity index (χ1v) is 9.24. The van der Waals surface area contributed by atoms with Crippen LogP contribution in [0.15, 0.2) is 76.1 Å². The quantitative estimate of drug-likeness (QED) is 0.391. The third-order valence-corrected chi connectivity index (χ3v) is 4.66. The minimum absolute atomic E-state index is 0.0477. The number of carbonyl (C=O) groups excluding carboxylic acids is 2. The number of carbonyl (C=O) groups is 2. The summed E-state index contributed by atoms with van der Waals surface area (Å²) in [6.07, 6.45) is 1.43. The lowest BCUT2D eigenvalue weighted by Crippen LogP contribution is -2.36. The van der Waals surface area contributed by atoms with Crippen LogP contribution in [0.1, 0.15) is 10.6 Å². The zero-order valence-electron chi connectivity index (χ0n) is 15.6. The van der Waals surface area contributed by atoms with E-state index in [1.165, 1.54) is 6.26 Å². The Morgan fingerprint density at radius 1 is 0.828 bits per heavy atom. The monoisotopic (exact) mass is 389 g/mol. The fourth-order valence-electron chi connectivity index (χ4n) is 3.32. The van der Waals surface area contributed by atoms with Gasteiger partial charge in [-0.2, -0.15) is 0 Å². The summed E-state index contributed by atoms with van der Waals surface area (Å²) in [7, 11) is 0. The second-order valence-electron chi connectivity index (χ2n) is 6.53. The number of aromatic nitrogens is 1. The fourth-order valence-corrected chi connectivity index (χ4v) is 3.32. The molecule has 0 radical (unpaired) electrons. The molecule has 2 amide bonds. The predicted molar refractivity (Wildman–Crippen MR) is 110 cm³/mol. The number of nitrogens with one attached hydrogen (secondary N) is 2. The van der Waals surface area contributed by atoms with Crippen LogP contribution in [0, 0.1) is 0 Å². The molecule has 0 saturated carbocycles. The number of amides is 2. The molecule has 2 aromatic carbocycles. The number of hydrogen-bond donors (Lipinski definition) is 2. The van der Waals surface area contributed by atoms with Gasteiger partial charge in [0.05, 0.1) is 17.3 Å². The first-order valence-electron chi connectivity index (χ1n) is 9.24. The number of hydrogen-bond acceptors (Lipinski definition) is 4. The Morgan fingerprint density at radius 3 is 2.07 bits per heavy atom. The first-order chi connectivity index (χ1) is 14.1. The molecule has 0 spiro atoms. The Labute approximate surface area is 165 Å². The number of furan rings is 1. The Morgan fingerprint density at radius 2 is 1.45 bits per heavy atom. The van der Waals surface area contributed by atoms with Gasteiger partial charge in [0.2, 0.25) is 5.91 Å². The van der Waals surface area contributed by atoms with E-state index in [0.29, 0.717) is 21.8 Å². The molecule has 2 aromatic heterocycles. The number of pyridine rings is 1. The van der Waals surface area contributed by atoms with E-state index in [4.69, 9.17) is 4.42 Å². The highest BCUT2D eigenvalue weighted by Gasteiger charge is 2.13. The molecular weight excluding hydrogens is 370 g/mol. The summed E-state index contributed by atoms with van der Waals surface area (Å²) in [4.78, 5) is 37.1. The molecule has 29 heavy (non-hydrogen) atoms. The van der Waals surface area contributed by atoms with Gasteiger partial charge in [-0.05, 0) is 36.4 Å². The van der Waals surface area contributed by atoms with Gasteiger partial charge < -0.3 is 19.6 Å². The third-order valence-electron chi connectivity index (χ3n) is 4.66. The number of benzene rings is 2. The van der Waals surface area contributed by atoms with Crippen LogP contribution in [-0.4, -0.2) is 29.5 Å². The van der Waals surface area contributed by atoms with E-state index in [1.807, 2.05) is 41.0 Å². The number of para-hydroxylation sites is 2. The summed E-state index contributed by atoms with van der Waals surface area (Å²) >= 11 is 0. The van der Waals surface area contributed by atoms with Gasteiger partial charge in [-0.15, -0.1) is 0 Å². The zero-order chi connectivity index (χ0) is 20.2. The molecule has 0 aliphatic rings. The molecule has 7 heteroatoms. The Bertz CT molecular complexity index is 1180. The molecular formula is C22H19N3O4. The molecule has 2 N–H and O–H groups in total. The first kappa shape index (κ1) is 18.5. The smallest absolute Gasteiger partial charge is 0.287 e. The minimum atomic E-state index is -0.332. The second kappa shape index (κ2) is 8.02. The van der Waals surface area contributed by atoms with Crippen molar-refractivity contribution in [2.75, 3.05) is 13.1 Å². The van der Waals surface area contributed by atoms with Crippen LogP contribution in [-0.2, 0) is 11.3 Å². The Hall–Kier alpha value is -3.87. The van der Waals surface area contributed by atoms with E-state index in [1.54, 1.807) is 24.3 Å². The van der Waals surface area contributed by atoms with Crippen LogP contribution in [0.4, 0.5) is 0 Å². The molecule has 4 aromatic rings. The molecule has 0 atom stereocenters. The van der Waals surface area contributed by atoms with Crippen molar-refractivity contribution in [2.24, 2.45) is 0 Å². The van der Waals surface area contributed by atoms with Crippen molar-refractivity contribution in [2.45, 2.75) is 6.54 Å². The van der Waals surface area contributed by atoms with E-state index in [-0.39, 0.29) is 42.6 Å². The van der Waals surface area contributed by atoms with Crippen LogP contribution >= 0.6 is 0 Å². The molecule has 7 nitrogen and oxygen atoms in total. The van der Waals surface area contributed by atoms with Crippen molar-refractivity contribution in [3.05, 3.63) is 82.9 Å². The lowest BCUT2D eigenvalue weighted by Gasteiger charge is -2.15. The van der Waals surface area contributed by atoms with Gasteiger partial charge in [0.15, 0.2) is 11.2 Å². The highest BCUT2D eigenvalue weighted by atomic mass is 16.3. The maximum atomic E-state index is 12.7. The SMILES string of the molecule is O=C(Cn1c2ccccc2c(=O)c2ccccc21)NCCNC(=O)c1ccco1. The van der Waals surface area contributed by atoms with E-state index >= 15 is 0 Å². The molecule has 0 aliphatic heterocycles. The van der Waals surface area contributed by atoms with E-state index in [0.717, 1.165) is 0 Å². The zero-order valence-corrected chi connectivity index (χ0v) is 15.6. The summed E-state index contributed by atoms with van der Waals surface area (Å²) in [5.74, 6) is -0.319. The molecule has 0 fully saturated rings. The Kier molecular flexibility index (Phi) is 5.11. The summed E-state index contributed by atoms with van der Waals surface area (Å²) in [6, 6.07) is 17.7. The third kappa shape index (κ3) is 3.75. The van der Waals surface area contributed by atoms with Gasteiger partial charge in [-0.1, -0.05) is 24.3 Å². The van der Waals surface area contributed by atoms with E-state index in [9.17, 15) is 14.4 Å². The molecule has 2 heterocycles. The van der Waals surface area contributed by atoms with Crippen LogP contribution in [0.25, 0.3) is 21.8 Å². The van der Waals surface area contributed by atoms with Gasteiger partial charge in [0.1, 0.15) is 6.54 Å². The molecule has 0 bridgehead atoms. The average molecular weight is 389 g/mol. The summed E-state index contributed by atoms with van der Waals surface area (Å²) in [6.45, 7) is 0.617. The lowest BCUT2D eigenvalue weighted by atomic mass is 10.1. The lowest BCUT2D eigenvalue weighted by molar-refractivity contribution is -0.121. The van der Waals surface area contributed by atoms with Crippen LogP contribution in [0.3, 0.4) is 0 Å². The molecule has 0 aliphatic carbocycles. The highest BCUT2D eigenvalue weighted by molar-refractivity contribution is 5.95. The van der Waals surface area contributed by atoms with E-state index in [2.05, 4.69) is 10.6 Å². The van der Waals surface area contributed by atoms with Gasteiger partial charge in [-0.3, -0.25) is 14.4 Å². The van der Waals surface area contributed by atoms with Crippen molar-refractivity contribution < 1.29 is 14.0 Å². The fraction of sp³-hybridized carbons (Fsp3) is 0.136. The van der Waals surface area contributed by atoms with Crippen molar-refractivity contribution in [3.8, 4) is 0 Å². The number of rotatable bonds is 6. The largest absolute Gasteiger partial charge is 0.459 e. The topological polar surface area (TPSA) is 93.3 Å². The van der Waals surface area contributed by atoms with Crippen molar-refractivity contribution >= 4 is 33.6 Å². The number of fused-ring (bicyclic) bond motifs is 2. The molecule has 0 saturated heterocycles. The van der Waals surface area contributed by atoms with Crippen molar-refractivity contribution in [1.82, 2.24) is 15.2 Å². The number of nitrogens with zero attached hydrogens (tertiary/aromatic N) is 1. The van der Waals surface area contributed by atoms with Crippen molar-refractivity contribution in [1.29, 1.82) is 0 Å². The highest BCUT2D eigenvalue weighted by Crippen LogP contribution is 2.18. The van der Waals surface area contributed by atoms with Gasteiger partial charge >= 0.3 is 0 Å². The summed E-state index contributed by atoms with van der Waals surface area (Å²) in [5.41, 5.74) is 1.36. The predicted octanol–water partition coefficient (Wildman–Crippen LogP) is 2.29. The maximum Gasteiger partial charge on any atom is 0.287 e. The van der Waals surface area contributed by atoms with Gasteiger partial charge in [0, 0.05) is 23.9 Å². The average Bonchev–Trinajstić information content (AvgIpc) is 3.29. The second-order valence-corrected chi connectivity index (χ2v) is 6.53. The molecule has 146 valence electrons.